The van der Waals surface area contributed by atoms with Crippen LogP contribution in [0.25, 0.3) is 21.9 Å². The number of aliphatic hydroxyl groups is 2. The van der Waals surface area contributed by atoms with Crippen LogP contribution in [-0.4, -0.2) is 53.6 Å². The van der Waals surface area contributed by atoms with Crippen molar-refractivity contribution in [2.45, 2.75) is 43.0 Å². The van der Waals surface area contributed by atoms with Crippen LogP contribution < -0.4 is 16.2 Å². The molecule has 4 aromatic rings. The van der Waals surface area contributed by atoms with Gasteiger partial charge in [-0.25, -0.2) is 19.3 Å². The molecule has 34 heavy (non-hydrogen) atoms. The highest BCUT2D eigenvalue weighted by molar-refractivity contribution is 6.33. The van der Waals surface area contributed by atoms with E-state index in [0.29, 0.717) is 22.7 Å². The van der Waals surface area contributed by atoms with Gasteiger partial charge in [0.25, 0.3) is 0 Å². The van der Waals surface area contributed by atoms with E-state index >= 15 is 0 Å². The second-order valence-electron chi connectivity index (χ2n) is 8.63. The molecule has 0 radical (unpaired) electrons. The Balaban J connectivity index is 1.31. The molecule has 1 unspecified atom stereocenters. The fraction of sp³-hybridized carbons (Fsp3) is 0.318. The van der Waals surface area contributed by atoms with Crippen molar-refractivity contribution in [3.8, 4) is 5.75 Å². The number of ether oxygens (including phenoxy) is 2. The smallest absolute Gasteiger partial charge is 0.164 e. The first kappa shape index (κ1) is 21.3. The Bertz CT molecular complexity index is 1450. The second kappa shape index (κ2) is 7.37. The average molecular weight is 487 g/mol. The fourth-order valence-electron chi connectivity index (χ4n) is 4.96. The minimum Gasteiger partial charge on any atom is -0.488 e. The molecule has 5 atom stereocenters. The first-order valence-corrected chi connectivity index (χ1v) is 11.0. The van der Waals surface area contributed by atoms with Gasteiger partial charge in [0.05, 0.1) is 15.9 Å². The van der Waals surface area contributed by atoms with Crippen molar-refractivity contribution < 1.29 is 24.1 Å². The highest BCUT2D eigenvalue weighted by atomic mass is 35.5. The minimum atomic E-state index is -1.59. The Labute approximate surface area is 196 Å². The largest absolute Gasteiger partial charge is 0.488 e. The van der Waals surface area contributed by atoms with Crippen molar-refractivity contribution in [2.24, 2.45) is 0 Å². The Morgan fingerprint density at radius 1 is 1.24 bits per heavy atom. The van der Waals surface area contributed by atoms with Gasteiger partial charge in [-0.1, -0.05) is 11.6 Å². The van der Waals surface area contributed by atoms with Crippen molar-refractivity contribution in [2.75, 3.05) is 11.5 Å². The maximum Gasteiger partial charge on any atom is 0.164 e. The third-order valence-electron chi connectivity index (χ3n) is 6.65. The third-order valence-corrected chi connectivity index (χ3v) is 6.95. The molecule has 1 aromatic carbocycles. The molecule has 3 aromatic heterocycles. The number of rotatable bonds is 3. The molecule has 1 saturated heterocycles. The molecule has 2 aliphatic rings. The molecule has 4 heterocycles. The number of nitrogens with two attached hydrogens (primary N) is 2. The molecular weight excluding hydrogens is 467 g/mol. The summed E-state index contributed by atoms with van der Waals surface area (Å²) in [6, 6.07) is 6.99. The van der Waals surface area contributed by atoms with E-state index in [1.54, 1.807) is 24.3 Å². The van der Waals surface area contributed by atoms with Gasteiger partial charge < -0.3 is 35.7 Å². The Morgan fingerprint density at radius 2 is 2.06 bits per heavy atom. The molecule has 6 N–H and O–H groups in total. The zero-order valence-electron chi connectivity index (χ0n) is 17.6. The van der Waals surface area contributed by atoms with E-state index in [9.17, 15) is 14.6 Å². The molecule has 1 aliphatic carbocycles. The van der Waals surface area contributed by atoms with Crippen molar-refractivity contribution in [1.82, 2.24) is 19.5 Å². The van der Waals surface area contributed by atoms with Gasteiger partial charge in [0.2, 0.25) is 0 Å². The van der Waals surface area contributed by atoms with Crippen LogP contribution in [0.15, 0.2) is 36.8 Å². The monoisotopic (exact) mass is 486 g/mol. The van der Waals surface area contributed by atoms with Crippen LogP contribution in [0.4, 0.5) is 16.0 Å². The number of pyridine rings is 1. The minimum absolute atomic E-state index is 0.0261. The van der Waals surface area contributed by atoms with E-state index in [1.165, 1.54) is 10.9 Å². The first-order valence-electron chi connectivity index (χ1n) is 10.6. The lowest BCUT2D eigenvalue weighted by Crippen LogP contribution is -2.47. The third kappa shape index (κ3) is 3.01. The van der Waals surface area contributed by atoms with Crippen LogP contribution in [0, 0.1) is 5.82 Å². The van der Waals surface area contributed by atoms with Gasteiger partial charge in [0, 0.05) is 17.6 Å². The summed E-state index contributed by atoms with van der Waals surface area (Å²) in [6.07, 6.45) is -0.884. The summed E-state index contributed by atoms with van der Waals surface area (Å²) in [5.41, 5.74) is 10.8. The number of hydrogen-bond acceptors (Lipinski definition) is 9. The SMILES string of the molecule is Nc1nc2cc(O[C@H]3CC[C@]4(O)C(O)[C@H](n5cc(F)c6c(N)ncnc65)O[C@H]34)ccc2cc1Cl. The van der Waals surface area contributed by atoms with Gasteiger partial charge >= 0.3 is 0 Å². The standard InChI is InChI=1S/C22H20ClFN6O4/c23-11-5-9-1-2-10(6-13(9)29-18(11)25)33-14-3-4-22(32)16(31)21(34-17(14)22)30-7-12(24)15-19(26)27-8-28-20(15)30/h1-2,5-8,14,16-17,21,31-32H,3-4H2,(H2,25,29)(H2,26,27,28)/t14-,16?,17+,21+,22-/m0/s1. The van der Waals surface area contributed by atoms with Crippen molar-refractivity contribution in [3.63, 3.8) is 0 Å². The number of nitrogen functional groups attached to an aromatic ring is 2. The number of fused-ring (bicyclic) bond motifs is 3. The number of anilines is 2. The molecule has 2 fully saturated rings. The lowest BCUT2D eigenvalue weighted by Gasteiger charge is -2.26. The van der Waals surface area contributed by atoms with Gasteiger partial charge in [0.15, 0.2) is 17.7 Å². The molecule has 176 valence electrons. The van der Waals surface area contributed by atoms with E-state index < -0.39 is 36.0 Å². The van der Waals surface area contributed by atoms with Crippen molar-refractivity contribution in [1.29, 1.82) is 0 Å². The van der Waals surface area contributed by atoms with Gasteiger partial charge in [0.1, 0.15) is 47.6 Å². The Kier molecular flexibility index (Phi) is 4.62. The van der Waals surface area contributed by atoms with E-state index in [1.807, 2.05) is 0 Å². The molecular formula is C22H20ClFN6O4. The van der Waals surface area contributed by atoms with Gasteiger partial charge in [-0.05, 0) is 31.0 Å². The Hall–Kier alpha value is -3.25. The molecule has 1 saturated carbocycles. The summed E-state index contributed by atoms with van der Waals surface area (Å²) in [5.74, 6) is 0.0299. The van der Waals surface area contributed by atoms with Crippen LogP contribution in [0.2, 0.25) is 5.02 Å². The zero-order valence-corrected chi connectivity index (χ0v) is 18.4. The first-order chi connectivity index (χ1) is 16.3. The number of nitrogens with zero attached hydrogens (tertiary/aromatic N) is 4. The molecule has 6 rings (SSSR count). The summed E-state index contributed by atoms with van der Waals surface area (Å²) >= 11 is 6.04. The molecule has 0 bridgehead atoms. The van der Waals surface area contributed by atoms with Gasteiger partial charge in [-0.2, -0.15) is 0 Å². The number of hydrogen-bond donors (Lipinski definition) is 4. The number of benzene rings is 1. The number of aliphatic hydroxyl groups excluding tert-OH is 1. The predicted molar refractivity (Wildman–Crippen MR) is 122 cm³/mol. The Morgan fingerprint density at radius 3 is 2.88 bits per heavy atom. The number of aromatic nitrogens is 4. The predicted octanol–water partition coefficient (Wildman–Crippen LogP) is 2.17. The maximum atomic E-state index is 14.6. The highest BCUT2D eigenvalue weighted by Crippen LogP contribution is 2.48. The average Bonchev–Trinajstić information content (AvgIpc) is 3.39. The zero-order chi connectivity index (χ0) is 23.8. The molecule has 0 amide bonds. The van der Waals surface area contributed by atoms with E-state index in [-0.39, 0.29) is 29.1 Å². The quantitative estimate of drug-likeness (QED) is 0.341. The summed E-state index contributed by atoms with van der Waals surface area (Å²) in [7, 11) is 0. The van der Waals surface area contributed by atoms with Crippen LogP contribution in [0.5, 0.6) is 5.75 Å². The molecule has 10 nitrogen and oxygen atoms in total. The molecule has 1 aliphatic heterocycles. The lowest BCUT2D eigenvalue weighted by atomic mass is 9.94. The summed E-state index contributed by atoms with van der Waals surface area (Å²) in [4.78, 5) is 12.2. The van der Waals surface area contributed by atoms with Crippen molar-refractivity contribution >= 4 is 45.2 Å². The summed E-state index contributed by atoms with van der Waals surface area (Å²) in [5, 5.41) is 23.5. The highest BCUT2D eigenvalue weighted by Gasteiger charge is 2.63. The van der Waals surface area contributed by atoms with Crippen LogP contribution in [-0.2, 0) is 4.74 Å². The molecule has 0 spiro atoms. The maximum absolute atomic E-state index is 14.6. The summed E-state index contributed by atoms with van der Waals surface area (Å²) in [6.45, 7) is 0. The number of halogens is 2. The van der Waals surface area contributed by atoms with Crippen LogP contribution >= 0.6 is 11.6 Å². The normalized spacial score (nSPS) is 28.6. The van der Waals surface area contributed by atoms with Crippen LogP contribution in [0.3, 0.4) is 0 Å². The fourth-order valence-corrected chi connectivity index (χ4v) is 5.12. The van der Waals surface area contributed by atoms with E-state index in [2.05, 4.69) is 15.0 Å². The van der Waals surface area contributed by atoms with Crippen LogP contribution in [0.1, 0.15) is 19.1 Å². The summed E-state index contributed by atoms with van der Waals surface area (Å²) < 4.78 is 28.1. The topological polar surface area (TPSA) is 155 Å². The molecule has 12 heteroatoms. The lowest BCUT2D eigenvalue weighted by molar-refractivity contribution is -0.0791. The van der Waals surface area contributed by atoms with Gasteiger partial charge in [-0.15, -0.1) is 0 Å². The van der Waals surface area contributed by atoms with Gasteiger partial charge in [-0.3, -0.25) is 0 Å². The van der Waals surface area contributed by atoms with Crippen molar-refractivity contribution in [3.05, 3.63) is 47.6 Å². The van der Waals surface area contributed by atoms with E-state index in [0.717, 1.165) is 11.6 Å². The second-order valence-corrected chi connectivity index (χ2v) is 9.04. The van der Waals surface area contributed by atoms with E-state index in [4.69, 9.17) is 32.5 Å².